The van der Waals surface area contributed by atoms with Crippen molar-refractivity contribution in [2.24, 2.45) is 0 Å². The van der Waals surface area contributed by atoms with Crippen molar-refractivity contribution in [3.05, 3.63) is 71.2 Å². The minimum atomic E-state index is 0.0779. The van der Waals surface area contributed by atoms with Gasteiger partial charge in [0, 0.05) is 36.9 Å². The number of hydrogen-bond donors (Lipinski definition) is 0. The van der Waals surface area contributed by atoms with E-state index in [2.05, 4.69) is 10.1 Å². The van der Waals surface area contributed by atoms with E-state index in [0.717, 1.165) is 30.7 Å². The summed E-state index contributed by atoms with van der Waals surface area (Å²) in [6.45, 7) is 1.68. The van der Waals surface area contributed by atoms with E-state index in [1.54, 1.807) is 23.3 Å². The van der Waals surface area contributed by atoms with E-state index in [9.17, 15) is 4.79 Å². The summed E-state index contributed by atoms with van der Waals surface area (Å²) in [4.78, 5) is 18.9. The standard InChI is InChI=1S/C20H21ClN4O2/c21-17-6-1-4-15(10-17)11-18-12-22-20(27-18)16-5-2-8-24(13-16)19(26)14-25-9-3-7-23-25/h1,3-4,6-7,9-10,12,16H,2,5,8,11,13-14H2/t16-/m1/s1. The summed E-state index contributed by atoms with van der Waals surface area (Å²) < 4.78 is 7.64. The van der Waals surface area contributed by atoms with Gasteiger partial charge in [-0.3, -0.25) is 9.48 Å². The van der Waals surface area contributed by atoms with E-state index in [1.807, 2.05) is 35.2 Å². The van der Waals surface area contributed by atoms with Gasteiger partial charge in [0.1, 0.15) is 12.3 Å². The van der Waals surface area contributed by atoms with Gasteiger partial charge < -0.3 is 9.32 Å². The van der Waals surface area contributed by atoms with Crippen LogP contribution in [0, 0.1) is 0 Å². The summed E-state index contributed by atoms with van der Waals surface area (Å²) in [5, 5.41) is 4.82. The van der Waals surface area contributed by atoms with Crippen LogP contribution >= 0.6 is 11.6 Å². The zero-order valence-corrected chi connectivity index (χ0v) is 15.7. The molecule has 0 aliphatic carbocycles. The summed E-state index contributed by atoms with van der Waals surface area (Å²) >= 11 is 6.04. The van der Waals surface area contributed by atoms with Crippen LogP contribution in [-0.4, -0.2) is 38.7 Å². The molecule has 4 rings (SSSR count). The van der Waals surface area contributed by atoms with Crippen LogP contribution in [0.5, 0.6) is 0 Å². The number of aromatic nitrogens is 3. The van der Waals surface area contributed by atoms with E-state index in [-0.39, 0.29) is 18.4 Å². The molecule has 1 aromatic carbocycles. The molecule has 1 amide bonds. The van der Waals surface area contributed by atoms with Crippen LogP contribution in [-0.2, 0) is 17.8 Å². The van der Waals surface area contributed by atoms with Crippen LogP contribution in [0.4, 0.5) is 0 Å². The maximum absolute atomic E-state index is 12.5. The topological polar surface area (TPSA) is 64.2 Å². The summed E-state index contributed by atoms with van der Waals surface area (Å²) in [6.07, 6.45) is 7.84. The van der Waals surface area contributed by atoms with Crippen molar-refractivity contribution in [2.75, 3.05) is 13.1 Å². The van der Waals surface area contributed by atoms with E-state index >= 15 is 0 Å². The first-order valence-electron chi connectivity index (χ1n) is 9.11. The van der Waals surface area contributed by atoms with Gasteiger partial charge >= 0.3 is 0 Å². The van der Waals surface area contributed by atoms with Crippen molar-refractivity contribution in [3.8, 4) is 0 Å². The third-order valence-corrected chi connectivity index (χ3v) is 5.05. The van der Waals surface area contributed by atoms with Crippen LogP contribution in [0.1, 0.15) is 36.0 Å². The maximum atomic E-state index is 12.5. The van der Waals surface area contributed by atoms with Gasteiger partial charge in [0.05, 0.1) is 12.1 Å². The molecule has 3 heterocycles. The van der Waals surface area contributed by atoms with Crippen molar-refractivity contribution in [1.82, 2.24) is 19.7 Å². The Hall–Kier alpha value is -2.60. The number of carbonyl (C=O) groups is 1. The molecule has 2 aromatic heterocycles. The molecule has 1 aliphatic heterocycles. The molecule has 1 fully saturated rings. The number of piperidine rings is 1. The summed E-state index contributed by atoms with van der Waals surface area (Å²) in [7, 11) is 0. The molecule has 6 nitrogen and oxygen atoms in total. The Labute approximate surface area is 162 Å². The molecule has 1 aliphatic rings. The first kappa shape index (κ1) is 17.8. The largest absolute Gasteiger partial charge is 0.445 e. The number of carbonyl (C=O) groups excluding carboxylic acids is 1. The molecule has 1 atom stereocenters. The number of amides is 1. The van der Waals surface area contributed by atoms with Crippen LogP contribution in [0.15, 0.2) is 53.3 Å². The van der Waals surface area contributed by atoms with Crippen LogP contribution < -0.4 is 0 Å². The number of oxazole rings is 1. The predicted molar refractivity (Wildman–Crippen MR) is 102 cm³/mol. The number of benzene rings is 1. The summed E-state index contributed by atoms with van der Waals surface area (Å²) in [5.74, 6) is 1.73. The molecule has 0 unspecified atom stereocenters. The van der Waals surface area contributed by atoms with Gasteiger partial charge in [-0.2, -0.15) is 5.10 Å². The van der Waals surface area contributed by atoms with Gasteiger partial charge in [0.15, 0.2) is 5.89 Å². The van der Waals surface area contributed by atoms with E-state index in [1.165, 1.54) is 0 Å². The van der Waals surface area contributed by atoms with Crippen LogP contribution in [0.25, 0.3) is 0 Å². The van der Waals surface area contributed by atoms with E-state index in [0.29, 0.717) is 23.9 Å². The number of halogens is 1. The molecule has 0 N–H and O–H groups in total. The fourth-order valence-electron chi connectivity index (χ4n) is 3.48. The van der Waals surface area contributed by atoms with E-state index in [4.69, 9.17) is 16.0 Å². The summed E-state index contributed by atoms with van der Waals surface area (Å²) in [5.41, 5.74) is 1.09. The van der Waals surface area contributed by atoms with E-state index < -0.39 is 0 Å². The van der Waals surface area contributed by atoms with Crippen LogP contribution in [0.3, 0.4) is 0 Å². The molecular formula is C20H21ClN4O2. The summed E-state index contributed by atoms with van der Waals surface area (Å²) in [6, 6.07) is 9.55. The molecule has 0 saturated carbocycles. The minimum Gasteiger partial charge on any atom is -0.445 e. The van der Waals surface area contributed by atoms with Gasteiger partial charge in [-0.15, -0.1) is 0 Å². The number of hydrogen-bond acceptors (Lipinski definition) is 4. The lowest BCUT2D eigenvalue weighted by molar-refractivity contribution is -0.133. The average molecular weight is 385 g/mol. The Morgan fingerprint density at radius 2 is 2.26 bits per heavy atom. The predicted octanol–water partition coefficient (Wildman–Crippen LogP) is 3.52. The normalized spacial score (nSPS) is 17.2. The van der Waals surface area contributed by atoms with Gasteiger partial charge in [-0.25, -0.2) is 4.98 Å². The second-order valence-corrected chi connectivity index (χ2v) is 7.29. The second-order valence-electron chi connectivity index (χ2n) is 6.85. The Kier molecular flexibility index (Phi) is 5.25. The molecular weight excluding hydrogens is 364 g/mol. The smallest absolute Gasteiger partial charge is 0.244 e. The number of rotatable bonds is 5. The first-order chi connectivity index (χ1) is 13.2. The van der Waals surface area contributed by atoms with Crippen LogP contribution in [0.2, 0.25) is 5.02 Å². The average Bonchev–Trinajstić information content (AvgIpc) is 3.34. The molecule has 27 heavy (non-hydrogen) atoms. The second kappa shape index (κ2) is 7.96. The fourth-order valence-corrected chi connectivity index (χ4v) is 3.69. The van der Waals surface area contributed by atoms with Gasteiger partial charge in [0.25, 0.3) is 0 Å². The molecule has 140 valence electrons. The van der Waals surface area contributed by atoms with Crippen molar-refractivity contribution in [2.45, 2.75) is 31.7 Å². The zero-order chi connectivity index (χ0) is 18.6. The molecule has 1 saturated heterocycles. The third-order valence-electron chi connectivity index (χ3n) is 4.82. The van der Waals surface area contributed by atoms with Crippen molar-refractivity contribution in [3.63, 3.8) is 0 Å². The van der Waals surface area contributed by atoms with Crippen molar-refractivity contribution >= 4 is 17.5 Å². The minimum absolute atomic E-state index is 0.0779. The maximum Gasteiger partial charge on any atom is 0.244 e. The fraction of sp³-hybridized carbons (Fsp3) is 0.350. The van der Waals surface area contributed by atoms with Gasteiger partial charge in [0.2, 0.25) is 5.91 Å². The van der Waals surface area contributed by atoms with Crippen molar-refractivity contribution in [1.29, 1.82) is 0 Å². The van der Waals surface area contributed by atoms with Gasteiger partial charge in [-0.05, 0) is 36.6 Å². The quantitative estimate of drug-likeness (QED) is 0.675. The molecule has 3 aromatic rings. The highest BCUT2D eigenvalue weighted by Crippen LogP contribution is 2.27. The Bertz CT molecular complexity index is 906. The monoisotopic (exact) mass is 384 g/mol. The highest BCUT2D eigenvalue weighted by Gasteiger charge is 2.28. The SMILES string of the molecule is O=C(Cn1cccn1)N1CCC[C@@H](c2ncc(Cc3cccc(Cl)c3)o2)C1. The molecule has 0 radical (unpaired) electrons. The Morgan fingerprint density at radius 3 is 3.07 bits per heavy atom. The Morgan fingerprint density at radius 1 is 1.33 bits per heavy atom. The highest BCUT2D eigenvalue weighted by molar-refractivity contribution is 6.30. The molecule has 7 heteroatoms. The zero-order valence-electron chi connectivity index (χ0n) is 14.9. The van der Waals surface area contributed by atoms with Gasteiger partial charge in [-0.1, -0.05) is 23.7 Å². The lowest BCUT2D eigenvalue weighted by Gasteiger charge is -2.31. The Balaban J connectivity index is 1.39. The number of nitrogens with zero attached hydrogens (tertiary/aromatic N) is 4. The third kappa shape index (κ3) is 4.39. The number of likely N-dealkylation sites (tertiary alicyclic amines) is 1. The lowest BCUT2D eigenvalue weighted by Crippen LogP contribution is -2.41. The van der Waals surface area contributed by atoms with Crippen molar-refractivity contribution < 1.29 is 9.21 Å². The molecule has 0 spiro atoms. The highest BCUT2D eigenvalue weighted by atomic mass is 35.5. The first-order valence-corrected chi connectivity index (χ1v) is 9.49. The lowest BCUT2D eigenvalue weighted by atomic mass is 9.98. The molecule has 0 bridgehead atoms.